The van der Waals surface area contributed by atoms with Crippen molar-refractivity contribution < 1.29 is 4.79 Å². The van der Waals surface area contributed by atoms with Gasteiger partial charge in [-0.05, 0) is 37.3 Å². The van der Waals surface area contributed by atoms with Crippen molar-refractivity contribution in [1.82, 2.24) is 25.2 Å². The molecule has 0 radical (unpaired) electrons. The van der Waals surface area contributed by atoms with Crippen LogP contribution in [0.25, 0.3) is 11.2 Å². The van der Waals surface area contributed by atoms with Gasteiger partial charge >= 0.3 is 6.03 Å². The summed E-state index contributed by atoms with van der Waals surface area (Å²) in [6, 6.07) is 4.35. The second kappa shape index (κ2) is 8.32. The molecule has 0 bridgehead atoms. The van der Waals surface area contributed by atoms with Crippen LogP contribution in [0.1, 0.15) is 57.8 Å². The molecule has 3 rings (SSSR count). The fourth-order valence-corrected chi connectivity index (χ4v) is 3.52. The summed E-state index contributed by atoms with van der Waals surface area (Å²) in [5, 5.41) is 5.85. The van der Waals surface area contributed by atoms with Crippen LogP contribution in [0.2, 0.25) is 0 Å². The van der Waals surface area contributed by atoms with Gasteiger partial charge in [0.05, 0.1) is 0 Å². The zero-order valence-electron chi connectivity index (χ0n) is 15.3. The number of aromatic nitrogens is 3. The van der Waals surface area contributed by atoms with Crippen molar-refractivity contribution in [3.63, 3.8) is 0 Å². The van der Waals surface area contributed by atoms with Gasteiger partial charge in [0.25, 0.3) is 0 Å². The summed E-state index contributed by atoms with van der Waals surface area (Å²) in [6.45, 7) is 5.61. The van der Waals surface area contributed by atoms with E-state index in [0.717, 1.165) is 29.8 Å². The van der Waals surface area contributed by atoms with Crippen molar-refractivity contribution in [1.29, 1.82) is 0 Å². The maximum Gasteiger partial charge on any atom is 0.314 e. The van der Waals surface area contributed by atoms with Crippen LogP contribution in [0.5, 0.6) is 0 Å². The number of urea groups is 1. The third kappa shape index (κ3) is 4.50. The van der Waals surface area contributed by atoms with Crippen molar-refractivity contribution in [2.45, 2.75) is 58.4 Å². The molecule has 2 amide bonds. The molecule has 0 atom stereocenters. The van der Waals surface area contributed by atoms with Crippen molar-refractivity contribution >= 4 is 17.2 Å². The van der Waals surface area contributed by atoms with Crippen LogP contribution in [0, 0.1) is 5.92 Å². The first-order valence-electron chi connectivity index (χ1n) is 9.48. The molecule has 1 aliphatic carbocycles. The van der Waals surface area contributed by atoms with Gasteiger partial charge in [0, 0.05) is 31.7 Å². The molecule has 136 valence electrons. The first kappa shape index (κ1) is 17.7. The highest BCUT2D eigenvalue weighted by Crippen LogP contribution is 2.33. The third-order valence-electron chi connectivity index (χ3n) is 4.85. The second-order valence-electron chi connectivity index (χ2n) is 7.30. The summed E-state index contributed by atoms with van der Waals surface area (Å²) in [5.74, 6) is 1.63. The molecule has 0 aromatic carbocycles. The van der Waals surface area contributed by atoms with Crippen LogP contribution in [-0.4, -0.2) is 33.7 Å². The number of rotatable bonds is 7. The lowest BCUT2D eigenvalue weighted by atomic mass is 10.1. The van der Waals surface area contributed by atoms with Crippen LogP contribution < -0.4 is 10.6 Å². The first-order valence-corrected chi connectivity index (χ1v) is 9.48. The molecule has 2 N–H and O–H groups in total. The van der Waals surface area contributed by atoms with Gasteiger partial charge in [-0.1, -0.05) is 26.7 Å². The van der Waals surface area contributed by atoms with Gasteiger partial charge in [0.1, 0.15) is 11.3 Å². The minimum absolute atomic E-state index is 0.0951. The number of pyridine rings is 1. The highest BCUT2D eigenvalue weighted by Gasteiger charge is 2.23. The van der Waals surface area contributed by atoms with Crippen molar-refractivity contribution in [2.75, 3.05) is 13.1 Å². The Morgan fingerprint density at radius 1 is 1.28 bits per heavy atom. The Hall–Kier alpha value is -2.11. The van der Waals surface area contributed by atoms with Crippen LogP contribution >= 0.6 is 0 Å². The highest BCUT2D eigenvalue weighted by atomic mass is 16.2. The third-order valence-corrected chi connectivity index (χ3v) is 4.85. The molecular formula is C19H29N5O. The molecule has 6 nitrogen and oxygen atoms in total. The van der Waals surface area contributed by atoms with Crippen molar-refractivity contribution in [2.24, 2.45) is 5.92 Å². The largest absolute Gasteiger partial charge is 0.338 e. The smallest absolute Gasteiger partial charge is 0.314 e. The lowest BCUT2D eigenvalue weighted by Gasteiger charge is -2.16. The summed E-state index contributed by atoms with van der Waals surface area (Å²) in [5.41, 5.74) is 1.93. The average molecular weight is 343 g/mol. The Kier molecular flexibility index (Phi) is 5.89. The maximum absolute atomic E-state index is 11.9. The number of fused-ring (bicyclic) bond motifs is 1. The number of nitrogens with one attached hydrogen (secondary N) is 2. The summed E-state index contributed by atoms with van der Waals surface area (Å²) in [6.07, 6.45) is 8.48. The monoisotopic (exact) mass is 343 g/mol. The minimum atomic E-state index is -0.0951. The van der Waals surface area contributed by atoms with Gasteiger partial charge in [-0.2, -0.15) is 0 Å². The SMILES string of the molecule is CC(C)CCNC(=O)NCCc1nc2cccnc2n1C1CCCC1. The van der Waals surface area contributed by atoms with Crippen LogP contribution in [0.4, 0.5) is 4.79 Å². The molecule has 25 heavy (non-hydrogen) atoms. The Bertz CT molecular complexity index is 703. The average Bonchev–Trinajstić information content (AvgIpc) is 3.21. The zero-order valence-corrected chi connectivity index (χ0v) is 15.3. The quantitative estimate of drug-likeness (QED) is 0.809. The van der Waals surface area contributed by atoms with E-state index in [9.17, 15) is 4.79 Å². The van der Waals surface area contributed by atoms with Gasteiger partial charge in [0.2, 0.25) is 0 Å². The van der Waals surface area contributed by atoms with E-state index in [1.165, 1.54) is 25.7 Å². The number of carbonyl (C=O) groups excluding carboxylic acids is 1. The van der Waals surface area contributed by atoms with E-state index in [2.05, 4.69) is 34.0 Å². The van der Waals surface area contributed by atoms with E-state index in [1.807, 2.05) is 18.3 Å². The zero-order chi connectivity index (χ0) is 17.6. The van der Waals surface area contributed by atoms with E-state index < -0.39 is 0 Å². The van der Waals surface area contributed by atoms with Crippen molar-refractivity contribution in [3.05, 3.63) is 24.2 Å². The van der Waals surface area contributed by atoms with Gasteiger partial charge in [0.15, 0.2) is 5.65 Å². The topological polar surface area (TPSA) is 71.8 Å². The van der Waals surface area contributed by atoms with E-state index >= 15 is 0 Å². The van der Waals surface area contributed by atoms with E-state index in [4.69, 9.17) is 4.98 Å². The Morgan fingerprint density at radius 3 is 2.80 bits per heavy atom. The van der Waals surface area contributed by atoms with E-state index in [1.54, 1.807) is 0 Å². The summed E-state index contributed by atoms with van der Waals surface area (Å²) in [7, 11) is 0. The molecule has 2 aromatic heterocycles. The fraction of sp³-hybridized carbons (Fsp3) is 0.632. The maximum atomic E-state index is 11.9. The summed E-state index contributed by atoms with van der Waals surface area (Å²) >= 11 is 0. The van der Waals surface area contributed by atoms with Gasteiger partial charge < -0.3 is 15.2 Å². The Labute approximate surface area is 149 Å². The number of amides is 2. The predicted molar refractivity (Wildman–Crippen MR) is 99.6 cm³/mol. The molecule has 0 unspecified atom stereocenters. The van der Waals surface area contributed by atoms with Crippen LogP contribution in [0.3, 0.4) is 0 Å². The lowest BCUT2D eigenvalue weighted by molar-refractivity contribution is 0.240. The standard InChI is InChI=1S/C19H29N5O/c1-14(2)9-12-21-19(25)22-13-10-17-23-16-8-5-11-20-18(16)24(17)15-6-3-4-7-15/h5,8,11,14-15H,3-4,6-7,9-10,12-13H2,1-2H3,(H2,21,22,25). The summed E-state index contributed by atoms with van der Waals surface area (Å²) < 4.78 is 2.31. The van der Waals surface area contributed by atoms with E-state index in [-0.39, 0.29) is 6.03 Å². The molecule has 2 aromatic rings. The number of hydrogen-bond donors (Lipinski definition) is 2. The molecule has 0 spiro atoms. The normalized spacial score (nSPS) is 15.2. The molecule has 2 heterocycles. The van der Waals surface area contributed by atoms with Gasteiger partial charge in [-0.15, -0.1) is 0 Å². The fourth-order valence-electron chi connectivity index (χ4n) is 3.52. The predicted octanol–water partition coefficient (Wildman–Crippen LogP) is 3.43. The number of nitrogens with zero attached hydrogens (tertiary/aromatic N) is 3. The second-order valence-corrected chi connectivity index (χ2v) is 7.30. The number of imidazole rings is 1. The minimum Gasteiger partial charge on any atom is -0.338 e. The van der Waals surface area contributed by atoms with Gasteiger partial charge in [-0.25, -0.2) is 14.8 Å². The molecule has 0 saturated heterocycles. The molecule has 1 aliphatic rings. The summed E-state index contributed by atoms with van der Waals surface area (Å²) in [4.78, 5) is 21.2. The van der Waals surface area contributed by atoms with Gasteiger partial charge in [-0.3, -0.25) is 0 Å². The molecule has 1 saturated carbocycles. The van der Waals surface area contributed by atoms with Crippen LogP contribution in [-0.2, 0) is 6.42 Å². The first-order chi connectivity index (χ1) is 12.1. The van der Waals surface area contributed by atoms with E-state index in [0.29, 0.717) is 25.0 Å². The number of carbonyl (C=O) groups is 1. The molecule has 0 aliphatic heterocycles. The highest BCUT2D eigenvalue weighted by molar-refractivity contribution is 5.74. The van der Waals surface area contributed by atoms with Crippen LogP contribution in [0.15, 0.2) is 18.3 Å². The lowest BCUT2D eigenvalue weighted by Crippen LogP contribution is -2.37. The Morgan fingerprint density at radius 2 is 2.04 bits per heavy atom. The Balaban J connectivity index is 1.61. The number of hydrogen-bond acceptors (Lipinski definition) is 3. The molecule has 1 fully saturated rings. The van der Waals surface area contributed by atoms with Crippen molar-refractivity contribution in [3.8, 4) is 0 Å². The molecular weight excluding hydrogens is 314 g/mol. The molecule has 6 heteroatoms.